The number of nitrogens with zero attached hydrogens (tertiary/aromatic N) is 1. The van der Waals surface area contributed by atoms with Gasteiger partial charge in [-0.15, -0.1) is 0 Å². The largest absolute Gasteiger partial charge is 0.479 e. The van der Waals surface area contributed by atoms with Crippen molar-refractivity contribution in [3.05, 3.63) is 48.2 Å². The molecule has 6 rings (SSSR count). The van der Waals surface area contributed by atoms with Crippen LogP contribution in [0.15, 0.2) is 41.5 Å². The van der Waals surface area contributed by atoms with Crippen molar-refractivity contribution in [3.8, 4) is 5.75 Å². The van der Waals surface area contributed by atoms with Crippen molar-refractivity contribution < 1.29 is 90.8 Å². The summed E-state index contributed by atoms with van der Waals surface area (Å²) >= 11 is 0. The Bertz CT molecular complexity index is 2050. The van der Waals surface area contributed by atoms with Crippen LogP contribution in [0.5, 0.6) is 5.75 Å². The number of fused-ring (bicyclic) bond motifs is 5. The Morgan fingerprint density at radius 1 is 0.833 bits per heavy atom. The summed E-state index contributed by atoms with van der Waals surface area (Å²) in [4.78, 5) is 98.6. The Balaban J connectivity index is 1.79. The minimum atomic E-state index is -2.85. The average Bonchev–Trinajstić information content (AvgIpc) is 3.74. The van der Waals surface area contributed by atoms with Crippen molar-refractivity contribution in [1.82, 2.24) is 4.98 Å². The average molecular weight is 846 g/mol. The van der Waals surface area contributed by atoms with Gasteiger partial charge in [-0.3, -0.25) is 29.0 Å². The van der Waals surface area contributed by atoms with Crippen LogP contribution in [0.1, 0.15) is 77.7 Å². The molecule has 60 heavy (non-hydrogen) atoms. The van der Waals surface area contributed by atoms with Gasteiger partial charge in [0.1, 0.15) is 48.3 Å². The molecule has 3 fully saturated rings. The second kappa shape index (κ2) is 15.8. The number of esters is 7. The second-order valence-electron chi connectivity index (χ2n) is 16.1. The summed E-state index contributed by atoms with van der Waals surface area (Å²) in [5.74, 6) is -9.00. The lowest BCUT2D eigenvalue weighted by atomic mass is 9.45. The van der Waals surface area contributed by atoms with Crippen LogP contribution in [-0.2, 0) is 73.1 Å². The van der Waals surface area contributed by atoms with Gasteiger partial charge in [-0.05, 0) is 45.2 Å². The summed E-state index contributed by atoms with van der Waals surface area (Å²) in [6.45, 7) is 6.84. The van der Waals surface area contributed by atoms with Gasteiger partial charge in [-0.2, -0.15) is 0 Å². The molecule has 2 N–H and O–H groups in total. The summed E-state index contributed by atoms with van der Waals surface area (Å²) in [7, 11) is 0. The van der Waals surface area contributed by atoms with Crippen molar-refractivity contribution in [2.24, 2.45) is 11.3 Å². The van der Waals surface area contributed by atoms with Gasteiger partial charge in [0.2, 0.25) is 0 Å². The number of aryl methyl sites for hydroxylation is 1. The minimum absolute atomic E-state index is 0.0661. The van der Waals surface area contributed by atoms with Crippen LogP contribution in [-0.4, -0.2) is 129 Å². The smallest absolute Gasteiger partial charge is 0.340 e. The summed E-state index contributed by atoms with van der Waals surface area (Å²) in [5, 5.41) is 25.3. The van der Waals surface area contributed by atoms with Crippen LogP contribution in [0.2, 0.25) is 0 Å². The second-order valence-corrected chi connectivity index (χ2v) is 16.1. The summed E-state index contributed by atoms with van der Waals surface area (Å²) in [5.41, 5.74) is -12.4. The highest BCUT2D eigenvalue weighted by atomic mass is 16.7. The quantitative estimate of drug-likeness (QED) is 0.278. The molecule has 326 valence electrons. The van der Waals surface area contributed by atoms with E-state index in [0.29, 0.717) is 5.56 Å². The molecule has 4 heterocycles. The van der Waals surface area contributed by atoms with Gasteiger partial charge in [0.25, 0.3) is 0 Å². The van der Waals surface area contributed by atoms with Gasteiger partial charge >= 0.3 is 41.8 Å². The highest BCUT2D eigenvalue weighted by molar-refractivity contribution is 5.91. The maximum Gasteiger partial charge on any atom is 0.340 e. The molecule has 2 saturated carbocycles. The number of ether oxygens (including phenoxy) is 9. The zero-order chi connectivity index (χ0) is 44.2. The van der Waals surface area contributed by atoms with E-state index in [9.17, 15) is 43.8 Å². The fourth-order valence-electron chi connectivity index (χ4n) is 9.46. The lowest BCUT2D eigenvalue weighted by Gasteiger charge is -2.67. The van der Waals surface area contributed by atoms with Gasteiger partial charge in [-0.1, -0.05) is 0 Å². The van der Waals surface area contributed by atoms with E-state index in [1.807, 2.05) is 0 Å². The molecule has 1 saturated heterocycles. The number of cyclic esters (lactones) is 1. The van der Waals surface area contributed by atoms with Crippen LogP contribution in [0.25, 0.3) is 0 Å². The number of rotatable bonds is 8. The van der Waals surface area contributed by atoms with Gasteiger partial charge in [0, 0.05) is 53.1 Å². The monoisotopic (exact) mass is 845 g/mol. The maximum absolute atomic E-state index is 14.4. The van der Waals surface area contributed by atoms with Gasteiger partial charge < -0.3 is 57.3 Å². The van der Waals surface area contributed by atoms with E-state index in [2.05, 4.69) is 4.98 Å². The van der Waals surface area contributed by atoms with Crippen molar-refractivity contribution in [2.75, 3.05) is 13.2 Å². The van der Waals surface area contributed by atoms with E-state index in [-0.39, 0.29) is 24.2 Å². The fourth-order valence-corrected chi connectivity index (χ4v) is 9.46. The molecule has 0 radical (unpaired) electrons. The maximum atomic E-state index is 14.4. The number of carbonyl (C=O) groups excluding carboxylic acids is 7. The fraction of sp³-hybridized carbons (Fsp3) is 0.600. The molecule has 2 aromatic rings. The van der Waals surface area contributed by atoms with Crippen molar-refractivity contribution in [2.45, 2.75) is 127 Å². The predicted octanol–water partition coefficient (Wildman–Crippen LogP) is 1.09. The van der Waals surface area contributed by atoms with Crippen LogP contribution in [0.3, 0.4) is 0 Å². The molecule has 4 bridgehead atoms. The summed E-state index contributed by atoms with van der Waals surface area (Å²) < 4.78 is 60.5. The number of carbonyl (C=O) groups is 7. The molecule has 20 nitrogen and oxygen atoms in total. The zero-order valence-corrected chi connectivity index (χ0v) is 34.1. The molecule has 2 aromatic heterocycles. The normalized spacial score (nSPS) is 37.1. The Labute approximate surface area is 343 Å². The molecule has 0 amide bonds. The molecular formula is C40H47NO19. The molecule has 1 spiro atoms. The highest BCUT2D eigenvalue weighted by Crippen LogP contribution is 2.70. The molecule has 2 aliphatic heterocycles. The lowest BCUT2D eigenvalue weighted by Crippen LogP contribution is -2.89. The van der Waals surface area contributed by atoms with Gasteiger partial charge in [0.05, 0.1) is 17.7 Å². The third-order valence-electron chi connectivity index (χ3n) is 11.7. The molecular weight excluding hydrogens is 798 g/mol. The van der Waals surface area contributed by atoms with Crippen molar-refractivity contribution >= 4 is 41.8 Å². The molecule has 20 heteroatoms. The van der Waals surface area contributed by atoms with E-state index in [0.717, 1.165) is 54.7 Å². The number of hydrogen-bond donors (Lipinski definition) is 2. The molecule has 0 unspecified atom stereocenters. The first-order chi connectivity index (χ1) is 28.0. The Kier molecular flexibility index (Phi) is 11.6. The van der Waals surface area contributed by atoms with Crippen LogP contribution < -0.4 is 4.74 Å². The standard InChI is InChI=1S/C40H47NO19/c1-19(42)52-18-39-32(56-22(4)45)28(54-20(2)43)27-30(55-21(3)44)40(39)38(8,50)31(29(33(39)57-23(5)46)58-25-11-14-51-16-25)59-35(48)36(6,49)12-9-24-10-13-41-15-26(24)34(47)53-17-37(27,7)60-40/h10-11,13-16,27-33,49-50H,9,12,17-18H2,1-8H3/t27-,28+,29+,30-,31+,32-,33+,36+,37+,38+,39-,40+/m1/s1. The third kappa shape index (κ3) is 7.23. The van der Waals surface area contributed by atoms with E-state index < -0.39 is 125 Å². The molecule has 4 aliphatic rings. The van der Waals surface area contributed by atoms with Crippen LogP contribution in [0, 0.1) is 11.3 Å². The molecule has 12 atom stereocenters. The number of pyridine rings is 1. The van der Waals surface area contributed by atoms with Gasteiger partial charge in [-0.25, -0.2) is 9.59 Å². The van der Waals surface area contributed by atoms with E-state index in [1.54, 1.807) is 0 Å². The Hall–Kier alpha value is -5.60. The number of furan rings is 1. The SMILES string of the molecule is CC(=O)OC[C@]12[C@H](OC(C)=O)[C@@H](OC(C)=O)[C@@H]3[C@@H](OC(C)=O)[C@@]14O[C@@]3(C)COC(=O)c1cnccc1CC[C@](C)(O)C(=O)O[C@@H]([C@H](Oc1ccoc1)[C@@H]2OC(C)=O)[C@]4(C)O. The van der Waals surface area contributed by atoms with Crippen LogP contribution >= 0.6 is 0 Å². The first-order valence-electron chi connectivity index (χ1n) is 19.0. The molecule has 0 aromatic carbocycles. The van der Waals surface area contributed by atoms with E-state index in [1.165, 1.54) is 37.7 Å². The van der Waals surface area contributed by atoms with Gasteiger partial charge in [0.15, 0.2) is 41.4 Å². The number of aromatic nitrogens is 1. The van der Waals surface area contributed by atoms with Crippen molar-refractivity contribution in [1.29, 1.82) is 0 Å². The highest BCUT2D eigenvalue weighted by Gasteiger charge is 2.92. The van der Waals surface area contributed by atoms with Crippen molar-refractivity contribution in [3.63, 3.8) is 0 Å². The first-order valence-corrected chi connectivity index (χ1v) is 19.0. The predicted molar refractivity (Wildman–Crippen MR) is 194 cm³/mol. The van der Waals surface area contributed by atoms with E-state index in [4.69, 9.17) is 47.0 Å². The third-order valence-corrected chi connectivity index (χ3v) is 11.7. The Morgan fingerprint density at radius 2 is 1.45 bits per heavy atom. The van der Waals surface area contributed by atoms with Crippen LogP contribution in [0.4, 0.5) is 0 Å². The topological polar surface area (TPSA) is 269 Å². The zero-order valence-electron chi connectivity index (χ0n) is 34.1. The number of aliphatic hydroxyl groups is 2. The van der Waals surface area contributed by atoms with E-state index >= 15 is 0 Å². The Morgan fingerprint density at radius 3 is 2.03 bits per heavy atom. The number of hydrogen-bond acceptors (Lipinski definition) is 20. The summed E-state index contributed by atoms with van der Waals surface area (Å²) in [6, 6.07) is 2.80. The minimum Gasteiger partial charge on any atom is -0.479 e. The lowest BCUT2D eigenvalue weighted by molar-refractivity contribution is -0.384. The summed E-state index contributed by atoms with van der Waals surface area (Å²) in [6.07, 6.45) is -7.39. The molecule has 2 aliphatic carbocycles. The first kappa shape index (κ1) is 44.0.